The van der Waals surface area contributed by atoms with Gasteiger partial charge in [-0.05, 0) is 26.8 Å². The number of nitriles is 1. The average Bonchev–Trinajstić information content (AvgIpc) is 2.54. The van der Waals surface area contributed by atoms with Crippen LogP contribution >= 0.6 is 11.8 Å². The zero-order valence-corrected chi connectivity index (χ0v) is 14.6. The van der Waals surface area contributed by atoms with Crippen molar-refractivity contribution >= 4 is 29.0 Å². The van der Waals surface area contributed by atoms with E-state index >= 15 is 0 Å². The Morgan fingerprint density at radius 1 is 1.36 bits per heavy atom. The van der Waals surface area contributed by atoms with E-state index in [2.05, 4.69) is 15.3 Å². The van der Waals surface area contributed by atoms with Gasteiger partial charge in [-0.3, -0.25) is 14.9 Å². The number of aryl methyl sites for hydroxylation is 2. The normalized spacial score (nSPS) is 11.4. The van der Waals surface area contributed by atoms with Gasteiger partial charge in [0.15, 0.2) is 0 Å². The molecule has 0 saturated heterocycles. The van der Waals surface area contributed by atoms with Gasteiger partial charge < -0.3 is 5.32 Å². The molecule has 2 aromatic rings. The van der Waals surface area contributed by atoms with Gasteiger partial charge >= 0.3 is 0 Å². The van der Waals surface area contributed by atoms with Gasteiger partial charge in [-0.25, -0.2) is 9.97 Å². The number of aromatic nitrogens is 2. The number of nitro groups is 1. The SMILES string of the molecule is Cc1nc(C)c(C#N)c(SC(C)C(=O)Nc2ccccc2[N+](=O)[O-])n1. The quantitative estimate of drug-likeness (QED) is 0.378. The summed E-state index contributed by atoms with van der Waals surface area (Å²) in [5.41, 5.74) is 0.810. The molecule has 8 nitrogen and oxygen atoms in total. The Labute approximate surface area is 148 Å². The Morgan fingerprint density at radius 2 is 2.04 bits per heavy atom. The van der Waals surface area contributed by atoms with Gasteiger partial charge in [-0.2, -0.15) is 5.26 Å². The molecule has 1 heterocycles. The second kappa shape index (κ2) is 7.72. The molecule has 0 saturated carbocycles. The fourth-order valence-electron chi connectivity index (χ4n) is 2.09. The molecule has 0 fully saturated rings. The van der Waals surface area contributed by atoms with Crippen molar-refractivity contribution in [3.05, 3.63) is 51.5 Å². The van der Waals surface area contributed by atoms with Gasteiger partial charge in [0.2, 0.25) is 5.91 Å². The van der Waals surface area contributed by atoms with Crippen LogP contribution < -0.4 is 5.32 Å². The van der Waals surface area contributed by atoms with Gasteiger partial charge in [-0.1, -0.05) is 23.9 Å². The zero-order valence-electron chi connectivity index (χ0n) is 13.8. The molecule has 25 heavy (non-hydrogen) atoms. The van der Waals surface area contributed by atoms with E-state index in [0.29, 0.717) is 22.1 Å². The highest BCUT2D eigenvalue weighted by Crippen LogP contribution is 2.28. The third-order valence-electron chi connectivity index (χ3n) is 3.30. The van der Waals surface area contributed by atoms with Crippen LogP contribution in [0.5, 0.6) is 0 Å². The molecule has 1 aromatic heterocycles. The van der Waals surface area contributed by atoms with Crippen molar-refractivity contribution in [2.24, 2.45) is 0 Å². The fraction of sp³-hybridized carbons (Fsp3) is 0.250. The molecule has 1 atom stereocenters. The van der Waals surface area contributed by atoms with Gasteiger partial charge in [-0.15, -0.1) is 0 Å². The summed E-state index contributed by atoms with van der Waals surface area (Å²) in [6.45, 7) is 5.05. The number of rotatable bonds is 5. The van der Waals surface area contributed by atoms with Crippen LogP contribution in [0.3, 0.4) is 0 Å². The van der Waals surface area contributed by atoms with E-state index < -0.39 is 16.1 Å². The molecule has 2 rings (SSSR count). The summed E-state index contributed by atoms with van der Waals surface area (Å²) in [4.78, 5) is 31.2. The third kappa shape index (κ3) is 4.30. The monoisotopic (exact) mass is 357 g/mol. The molecule has 9 heteroatoms. The highest BCUT2D eigenvalue weighted by molar-refractivity contribution is 8.00. The van der Waals surface area contributed by atoms with Crippen molar-refractivity contribution < 1.29 is 9.72 Å². The van der Waals surface area contributed by atoms with Crippen LogP contribution in [0.4, 0.5) is 11.4 Å². The predicted octanol–water partition coefficient (Wildman–Crippen LogP) is 2.99. The fourth-order valence-corrected chi connectivity index (χ4v) is 3.09. The van der Waals surface area contributed by atoms with E-state index in [1.165, 1.54) is 18.2 Å². The van der Waals surface area contributed by atoms with Gasteiger partial charge in [0.25, 0.3) is 5.69 Å². The van der Waals surface area contributed by atoms with Crippen molar-refractivity contribution in [2.45, 2.75) is 31.0 Å². The number of amides is 1. The van der Waals surface area contributed by atoms with Gasteiger partial charge in [0, 0.05) is 6.07 Å². The molecule has 1 aromatic carbocycles. The molecular weight excluding hydrogens is 342 g/mol. The van der Waals surface area contributed by atoms with E-state index in [0.717, 1.165) is 11.8 Å². The summed E-state index contributed by atoms with van der Waals surface area (Å²) < 4.78 is 0. The van der Waals surface area contributed by atoms with Crippen molar-refractivity contribution in [2.75, 3.05) is 5.32 Å². The van der Waals surface area contributed by atoms with Gasteiger partial charge in [0.1, 0.15) is 28.2 Å². The Bertz CT molecular complexity index is 879. The molecule has 0 aliphatic carbocycles. The van der Waals surface area contributed by atoms with Crippen molar-refractivity contribution in [3.8, 4) is 6.07 Å². The molecule has 0 radical (unpaired) electrons. The molecule has 1 unspecified atom stereocenters. The Balaban J connectivity index is 2.20. The first kappa shape index (κ1) is 18.4. The maximum atomic E-state index is 12.4. The summed E-state index contributed by atoms with van der Waals surface area (Å²) in [6.07, 6.45) is 0. The highest BCUT2D eigenvalue weighted by atomic mass is 32.2. The number of anilines is 1. The van der Waals surface area contributed by atoms with E-state index in [4.69, 9.17) is 0 Å². The first-order chi connectivity index (χ1) is 11.8. The number of benzene rings is 1. The molecule has 1 N–H and O–H groups in total. The molecule has 0 aliphatic heterocycles. The van der Waals surface area contributed by atoms with Crippen molar-refractivity contribution in [3.63, 3.8) is 0 Å². The lowest BCUT2D eigenvalue weighted by Crippen LogP contribution is -2.23. The first-order valence-corrected chi connectivity index (χ1v) is 8.17. The van der Waals surface area contributed by atoms with Crippen LogP contribution in [0.25, 0.3) is 0 Å². The topological polar surface area (TPSA) is 122 Å². The van der Waals surface area contributed by atoms with E-state index in [-0.39, 0.29) is 11.4 Å². The first-order valence-electron chi connectivity index (χ1n) is 7.29. The molecule has 1 amide bonds. The number of nitro benzene ring substituents is 1. The smallest absolute Gasteiger partial charge is 0.292 e. The maximum absolute atomic E-state index is 12.4. The van der Waals surface area contributed by atoms with E-state index in [1.807, 2.05) is 6.07 Å². The van der Waals surface area contributed by atoms with Gasteiger partial charge in [0.05, 0.1) is 15.9 Å². The van der Waals surface area contributed by atoms with E-state index in [1.54, 1.807) is 26.8 Å². The second-order valence-corrected chi connectivity index (χ2v) is 6.50. The van der Waals surface area contributed by atoms with Crippen LogP contribution in [0.1, 0.15) is 24.0 Å². The Hall–Kier alpha value is -2.99. The summed E-state index contributed by atoms with van der Waals surface area (Å²) in [5.74, 6) is 0.0856. The summed E-state index contributed by atoms with van der Waals surface area (Å²) in [6, 6.07) is 7.95. The number of carbonyl (C=O) groups excluding carboxylic acids is 1. The Morgan fingerprint density at radius 3 is 2.68 bits per heavy atom. The lowest BCUT2D eigenvalue weighted by molar-refractivity contribution is -0.383. The van der Waals surface area contributed by atoms with Crippen molar-refractivity contribution in [1.82, 2.24) is 9.97 Å². The van der Waals surface area contributed by atoms with Crippen LogP contribution in [-0.2, 0) is 4.79 Å². The van der Waals surface area contributed by atoms with Crippen LogP contribution in [0.15, 0.2) is 29.3 Å². The Kier molecular flexibility index (Phi) is 5.67. The minimum absolute atomic E-state index is 0.125. The average molecular weight is 357 g/mol. The minimum atomic E-state index is -0.611. The maximum Gasteiger partial charge on any atom is 0.292 e. The molecular formula is C16H15N5O3S. The summed E-state index contributed by atoms with van der Waals surface area (Å²) in [5, 5.41) is 22.6. The zero-order chi connectivity index (χ0) is 18.6. The standard InChI is InChI=1S/C16H15N5O3S/c1-9-12(8-17)16(19-11(3)18-9)25-10(2)15(22)20-13-6-4-5-7-14(13)21(23)24/h4-7,10H,1-3H3,(H,20,22). The van der Waals surface area contributed by atoms with Crippen molar-refractivity contribution in [1.29, 1.82) is 5.26 Å². The summed E-state index contributed by atoms with van der Waals surface area (Å²) >= 11 is 1.11. The number of carbonyl (C=O) groups is 1. The molecule has 0 aliphatic rings. The molecule has 0 bridgehead atoms. The van der Waals surface area contributed by atoms with Crippen LogP contribution in [0.2, 0.25) is 0 Å². The lowest BCUT2D eigenvalue weighted by Gasteiger charge is -2.13. The number of hydrogen-bond acceptors (Lipinski definition) is 7. The molecule has 0 spiro atoms. The summed E-state index contributed by atoms with van der Waals surface area (Å²) in [7, 11) is 0. The number of nitrogens with zero attached hydrogens (tertiary/aromatic N) is 4. The number of thioether (sulfide) groups is 1. The van der Waals surface area contributed by atoms with Crippen LogP contribution in [0, 0.1) is 35.3 Å². The largest absolute Gasteiger partial charge is 0.319 e. The number of hydrogen-bond donors (Lipinski definition) is 1. The molecule has 128 valence electrons. The third-order valence-corrected chi connectivity index (χ3v) is 4.38. The number of para-hydroxylation sites is 2. The second-order valence-electron chi connectivity index (χ2n) is 5.17. The highest BCUT2D eigenvalue weighted by Gasteiger charge is 2.22. The van der Waals surface area contributed by atoms with E-state index in [9.17, 15) is 20.2 Å². The predicted molar refractivity (Wildman–Crippen MR) is 93.3 cm³/mol. The number of nitrogens with one attached hydrogen (secondary N) is 1. The minimum Gasteiger partial charge on any atom is -0.319 e. The van der Waals surface area contributed by atoms with Crippen LogP contribution in [-0.4, -0.2) is 26.0 Å². The lowest BCUT2D eigenvalue weighted by atomic mass is 10.2.